The number of rotatable bonds is 2. The molecule has 0 aromatic rings. The Labute approximate surface area is 138 Å². The maximum Gasteiger partial charge on any atom is 0.251 e. The van der Waals surface area contributed by atoms with Crippen LogP contribution in [0.25, 0.3) is 0 Å². The van der Waals surface area contributed by atoms with Crippen LogP contribution in [-0.2, 0) is 9.53 Å². The first kappa shape index (κ1) is 15.8. The Bertz CT molecular complexity index is 546. The van der Waals surface area contributed by atoms with E-state index in [9.17, 15) is 13.6 Å². The minimum absolute atomic E-state index is 0.0271. The first-order valence-corrected chi connectivity index (χ1v) is 9.22. The molecule has 4 rings (SSSR count). The number of nitrogens with one attached hydrogen (secondary N) is 1. The Balaban J connectivity index is 1.43. The van der Waals surface area contributed by atoms with Gasteiger partial charge in [0.2, 0.25) is 5.91 Å². The number of ether oxygens (including phenoxy) is 1. The van der Waals surface area contributed by atoms with Crippen LogP contribution >= 0.6 is 11.8 Å². The van der Waals surface area contributed by atoms with E-state index in [2.05, 4.69) is 10.3 Å². The van der Waals surface area contributed by atoms with Crippen LogP contribution in [0.3, 0.4) is 0 Å². The second-order valence-electron chi connectivity index (χ2n) is 7.38. The van der Waals surface area contributed by atoms with E-state index in [0.29, 0.717) is 18.0 Å². The fourth-order valence-electron chi connectivity index (χ4n) is 4.64. The summed E-state index contributed by atoms with van der Waals surface area (Å²) < 4.78 is 32.2. The summed E-state index contributed by atoms with van der Waals surface area (Å²) in [6.07, 6.45) is 4.56. The molecular formula is C16H22F2N2O2S. The summed E-state index contributed by atoms with van der Waals surface area (Å²) in [5, 5.41) is 3.55. The van der Waals surface area contributed by atoms with E-state index in [-0.39, 0.29) is 30.4 Å². The fourth-order valence-corrected chi connectivity index (χ4v) is 5.93. The third-order valence-electron chi connectivity index (χ3n) is 6.07. The van der Waals surface area contributed by atoms with Gasteiger partial charge in [-0.15, -0.1) is 0 Å². The first-order chi connectivity index (χ1) is 10.9. The van der Waals surface area contributed by atoms with Crippen LogP contribution in [0.4, 0.5) is 8.78 Å². The van der Waals surface area contributed by atoms with E-state index < -0.39 is 16.6 Å². The molecule has 4 nitrogen and oxygen atoms in total. The maximum absolute atomic E-state index is 13.6. The molecule has 1 heterocycles. The van der Waals surface area contributed by atoms with Gasteiger partial charge in [-0.3, -0.25) is 9.79 Å². The normalized spacial score (nSPS) is 46.7. The maximum atomic E-state index is 13.6. The van der Waals surface area contributed by atoms with Crippen LogP contribution in [0.5, 0.6) is 0 Å². The molecule has 3 aliphatic carbocycles. The van der Waals surface area contributed by atoms with Gasteiger partial charge in [-0.25, -0.2) is 8.78 Å². The van der Waals surface area contributed by atoms with E-state index in [4.69, 9.17) is 4.74 Å². The fraction of sp³-hybridized carbons (Fsp3) is 0.875. The number of amides is 1. The second kappa shape index (κ2) is 5.41. The lowest BCUT2D eigenvalue weighted by molar-refractivity contribution is -0.123. The van der Waals surface area contributed by atoms with E-state index in [1.807, 2.05) is 0 Å². The van der Waals surface area contributed by atoms with Crippen LogP contribution in [-0.4, -0.2) is 41.0 Å². The van der Waals surface area contributed by atoms with Crippen LogP contribution in [0, 0.1) is 11.8 Å². The number of halogens is 2. The van der Waals surface area contributed by atoms with Gasteiger partial charge in [0.1, 0.15) is 4.75 Å². The highest BCUT2D eigenvalue weighted by Gasteiger charge is 2.57. The number of alkyl halides is 2. The molecule has 7 heteroatoms. The van der Waals surface area contributed by atoms with Crippen LogP contribution < -0.4 is 5.32 Å². The van der Waals surface area contributed by atoms with Gasteiger partial charge < -0.3 is 10.1 Å². The molecule has 3 atom stereocenters. The minimum atomic E-state index is -2.51. The predicted octanol–water partition coefficient (Wildman–Crippen LogP) is 2.97. The number of hydrogen-bond acceptors (Lipinski definition) is 4. The zero-order valence-electron chi connectivity index (χ0n) is 13.2. The number of thioether (sulfide) groups is 1. The molecule has 3 saturated carbocycles. The highest BCUT2D eigenvalue weighted by Crippen LogP contribution is 2.55. The summed E-state index contributed by atoms with van der Waals surface area (Å²) in [5.74, 6) is -3.02. The van der Waals surface area contributed by atoms with E-state index in [1.165, 1.54) is 11.8 Å². The Morgan fingerprint density at radius 2 is 2.04 bits per heavy atom. The molecule has 4 aliphatic rings. The van der Waals surface area contributed by atoms with Crippen molar-refractivity contribution < 1.29 is 18.3 Å². The Kier molecular flexibility index (Phi) is 3.72. The molecule has 23 heavy (non-hydrogen) atoms. The summed E-state index contributed by atoms with van der Waals surface area (Å²) in [6.45, 7) is 0. The lowest BCUT2D eigenvalue weighted by Gasteiger charge is -2.32. The van der Waals surface area contributed by atoms with Gasteiger partial charge in [0.25, 0.3) is 5.92 Å². The number of hydrogen-bond donors (Lipinski definition) is 1. The van der Waals surface area contributed by atoms with Gasteiger partial charge in [0.05, 0.1) is 12.1 Å². The molecule has 2 bridgehead atoms. The molecule has 0 aromatic heterocycles. The number of amidine groups is 1. The van der Waals surface area contributed by atoms with Crippen molar-refractivity contribution in [2.24, 2.45) is 16.8 Å². The number of fused-ring (bicyclic) bond motifs is 2. The molecule has 1 N–H and O–H groups in total. The molecule has 4 fully saturated rings. The lowest BCUT2D eigenvalue weighted by atomic mass is 9.86. The Morgan fingerprint density at radius 3 is 2.61 bits per heavy atom. The third-order valence-corrected chi connectivity index (χ3v) is 7.46. The van der Waals surface area contributed by atoms with Crippen LogP contribution in [0.1, 0.15) is 44.9 Å². The van der Waals surface area contributed by atoms with Gasteiger partial charge in [-0.1, -0.05) is 11.8 Å². The molecule has 0 radical (unpaired) electrons. The van der Waals surface area contributed by atoms with Gasteiger partial charge in [0.15, 0.2) is 5.17 Å². The van der Waals surface area contributed by atoms with E-state index in [1.54, 1.807) is 7.11 Å². The minimum Gasteiger partial charge on any atom is -0.381 e. The largest absolute Gasteiger partial charge is 0.381 e. The van der Waals surface area contributed by atoms with Crippen molar-refractivity contribution in [1.82, 2.24) is 5.32 Å². The molecule has 0 unspecified atom stereocenters. The number of nitrogens with zero attached hydrogens (tertiary/aromatic N) is 1. The summed E-state index contributed by atoms with van der Waals surface area (Å²) >= 11 is 1.51. The molecule has 1 amide bonds. The zero-order valence-corrected chi connectivity index (χ0v) is 14.0. The number of methoxy groups -OCH3 is 1. The zero-order chi connectivity index (χ0) is 16.2. The van der Waals surface area contributed by atoms with Crippen molar-refractivity contribution >= 4 is 22.8 Å². The Morgan fingerprint density at radius 1 is 1.30 bits per heavy atom. The van der Waals surface area contributed by atoms with Crippen molar-refractivity contribution in [1.29, 1.82) is 0 Å². The SMILES string of the molecule is COC1CCC2(CC1)SC(=N[C@H]1C[C@H]3C[C@@H]1CC3(F)F)NC2=O. The van der Waals surface area contributed by atoms with Gasteiger partial charge in [-0.05, 0) is 44.4 Å². The average molecular weight is 344 g/mol. The van der Waals surface area contributed by atoms with E-state index >= 15 is 0 Å². The molecule has 1 aliphatic heterocycles. The topological polar surface area (TPSA) is 50.7 Å². The van der Waals surface area contributed by atoms with Gasteiger partial charge in [0, 0.05) is 19.4 Å². The highest BCUT2D eigenvalue weighted by molar-refractivity contribution is 8.16. The third kappa shape index (κ3) is 2.60. The number of aliphatic imine (C=N–C) groups is 1. The molecule has 128 valence electrons. The van der Waals surface area contributed by atoms with Crippen LogP contribution in [0.2, 0.25) is 0 Å². The summed E-state index contributed by atoms with van der Waals surface area (Å²) in [7, 11) is 1.71. The smallest absolute Gasteiger partial charge is 0.251 e. The van der Waals surface area contributed by atoms with Crippen molar-refractivity contribution in [3.63, 3.8) is 0 Å². The standard InChI is InChI=1S/C16H22F2N2O2S/c1-22-11-2-4-15(5-3-11)13(21)20-14(23-15)19-12-7-10-6-9(12)8-16(10,17)18/h9-12H,2-8H2,1H3,(H,19,20,21)/t9-,10-,11?,12+,15?/m1/s1. The van der Waals surface area contributed by atoms with Crippen molar-refractivity contribution in [3.8, 4) is 0 Å². The molecule has 0 aromatic carbocycles. The monoisotopic (exact) mass is 344 g/mol. The highest BCUT2D eigenvalue weighted by atomic mass is 32.2. The quantitative estimate of drug-likeness (QED) is 0.838. The van der Waals surface area contributed by atoms with Gasteiger partial charge >= 0.3 is 0 Å². The predicted molar refractivity (Wildman–Crippen MR) is 84.7 cm³/mol. The van der Waals surface area contributed by atoms with Crippen molar-refractivity contribution in [2.45, 2.75) is 67.8 Å². The summed E-state index contributed by atoms with van der Waals surface area (Å²) in [4.78, 5) is 17.1. The van der Waals surface area contributed by atoms with Crippen LogP contribution in [0.15, 0.2) is 4.99 Å². The molecule has 1 spiro atoms. The first-order valence-electron chi connectivity index (χ1n) is 8.41. The average Bonchev–Trinajstić information content (AvgIpc) is 3.12. The number of carbonyl (C=O) groups excluding carboxylic acids is 1. The lowest BCUT2D eigenvalue weighted by Crippen LogP contribution is -2.41. The summed E-state index contributed by atoms with van der Waals surface area (Å²) in [5.41, 5.74) is 0. The molecular weight excluding hydrogens is 322 g/mol. The number of carbonyl (C=O) groups is 1. The van der Waals surface area contributed by atoms with Gasteiger partial charge in [-0.2, -0.15) is 0 Å². The summed E-state index contributed by atoms with van der Waals surface area (Å²) in [6, 6.07) is -0.0483. The molecule has 1 saturated heterocycles. The second-order valence-corrected chi connectivity index (χ2v) is 8.75. The van der Waals surface area contributed by atoms with Crippen molar-refractivity contribution in [2.75, 3.05) is 7.11 Å². The van der Waals surface area contributed by atoms with E-state index in [0.717, 1.165) is 25.7 Å². The Hall–Kier alpha value is -0.690. The van der Waals surface area contributed by atoms with Crippen molar-refractivity contribution in [3.05, 3.63) is 0 Å².